The van der Waals surface area contributed by atoms with Crippen LogP contribution >= 0.6 is 0 Å². The summed E-state index contributed by atoms with van der Waals surface area (Å²) in [5.74, 6) is -0.295. The predicted molar refractivity (Wildman–Crippen MR) is 75.7 cm³/mol. The Kier molecular flexibility index (Phi) is 3.46. The van der Waals surface area contributed by atoms with E-state index >= 15 is 0 Å². The van der Waals surface area contributed by atoms with Crippen LogP contribution in [-0.2, 0) is 5.60 Å². The molecule has 0 spiro atoms. The molecule has 0 amide bonds. The predicted octanol–water partition coefficient (Wildman–Crippen LogP) is 4.01. The van der Waals surface area contributed by atoms with Gasteiger partial charge in [0.05, 0.1) is 0 Å². The lowest BCUT2D eigenvalue weighted by Crippen LogP contribution is -2.24. The van der Waals surface area contributed by atoms with E-state index in [1.807, 2.05) is 19.9 Å². The van der Waals surface area contributed by atoms with E-state index in [1.54, 1.807) is 19.1 Å². The van der Waals surface area contributed by atoms with Gasteiger partial charge in [-0.15, -0.1) is 0 Å². The molecule has 0 heterocycles. The monoisotopic (exact) mass is 258 g/mol. The van der Waals surface area contributed by atoms with E-state index in [9.17, 15) is 9.50 Å². The fraction of sp³-hybridized carbons (Fsp3) is 0.294. The van der Waals surface area contributed by atoms with E-state index in [4.69, 9.17) is 0 Å². The molecule has 0 bridgehead atoms. The highest BCUT2D eigenvalue weighted by Crippen LogP contribution is 2.32. The SMILES string of the molecule is Cc1cc(C)c(C(C)(O)c2ccc(F)cc2)cc1C. The average Bonchev–Trinajstić information content (AvgIpc) is 2.34. The Balaban J connectivity index is 2.55. The summed E-state index contributed by atoms with van der Waals surface area (Å²) in [7, 11) is 0. The molecule has 1 N–H and O–H groups in total. The van der Waals surface area contributed by atoms with Gasteiger partial charge in [-0.25, -0.2) is 4.39 Å². The highest BCUT2D eigenvalue weighted by Gasteiger charge is 2.27. The second-order valence-electron chi connectivity index (χ2n) is 5.33. The molecular formula is C17H19FO. The smallest absolute Gasteiger partial charge is 0.123 e. The Morgan fingerprint density at radius 3 is 2.00 bits per heavy atom. The third-order valence-electron chi connectivity index (χ3n) is 3.77. The standard InChI is InChI=1S/C17H19FO/c1-11-9-13(3)16(10-12(11)2)17(4,19)14-5-7-15(18)8-6-14/h5-10,19H,1-4H3. The van der Waals surface area contributed by atoms with E-state index in [-0.39, 0.29) is 5.82 Å². The average molecular weight is 258 g/mol. The van der Waals surface area contributed by atoms with Gasteiger partial charge in [-0.05, 0) is 67.6 Å². The zero-order chi connectivity index (χ0) is 14.2. The molecule has 1 unspecified atom stereocenters. The normalized spacial score (nSPS) is 14.2. The van der Waals surface area contributed by atoms with Gasteiger partial charge in [0.15, 0.2) is 0 Å². The molecule has 19 heavy (non-hydrogen) atoms. The first-order valence-corrected chi connectivity index (χ1v) is 6.39. The molecule has 0 radical (unpaired) electrons. The molecule has 2 heteroatoms. The third-order valence-corrected chi connectivity index (χ3v) is 3.77. The summed E-state index contributed by atoms with van der Waals surface area (Å²) in [6, 6.07) is 10.1. The number of hydrogen-bond donors (Lipinski definition) is 1. The molecule has 2 aromatic carbocycles. The van der Waals surface area contributed by atoms with Gasteiger partial charge in [-0.3, -0.25) is 0 Å². The maximum absolute atomic E-state index is 13.0. The summed E-state index contributed by atoms with van der Waals surface area (Å²) >= 11 is 0. The van der Waals surface area contributed by atoms with Gasteiger partial charge < -0.3 is 5.11 Å². The molecular weight excluding hydrogens is 239 g/mol. The lowest BCUT2D eigenvalue weighted by molar-refractivity contribution is 0.101. The number of aryl methyl sites for hydroxylation is 3. The second-order valence-corrected chi connectivity index (χ2v) is 5.33. The van der Waals surface area contributed by atoms with Gasteiger partial charge in [-0.2, -0.15) is 0 Å². The van der Waals surface area contributed by atoms with Crippen molar-refractivity contribution in [3.05, 3.63) is 70.0 Å². The van der Waals surface area contributed by atoms with Crippen LogP contribution in [0.25, 0.3) is 0 Å². The van der Waals surface area contributed by atoms with Gasteiger partial charge in [0, 0.05) is 0 Å². The Bertz CT molecular complexity index is 597. The number of rotatable bonds is 2. The van der Waals surface area contributed by atoms with Crippen molar-refractivity contribution in [2.24, 2.45) is 0 Å². The number of benzene rings is 2. The Labute approximate surface area is 113 Å². The number of hydrogen-bond acceptors (Lipinski definition) is 1. The molecule has 1 atom stereocenters. The highest BCUT2D eigenvalue weighted by molar-refractivity contribution is 5.44. The van der Waals surface area contributed by atoms with E-state index in [1.165, 1.54) is 17.7 Å². The molecule has 0 aliphatic rings. The second kappa shape index (κ2) is 4.78. The number of aliphatic hydroxyl groups is 1. The summed E-state index contributed by atoms with van der Waals surface area (Å²) in [6.45, 7) is 7.81. The quantitative estimate of drug-likeness (QED) is 0.863. The van der Waals surface area contributed by atoms with Crippen LogP contribution in [0.4, 0.5) is 4.39 Å². The highest BCUT2D eigenvalue weighted by atomic mass is 19.1. The van der Waals surface area contributed by atoms with Crippen LogP contribution in [0.15, 0.2) is 36.4 Å². The fourth-order valence-corrected chi connectivity index (χ4v) is 2.41. The largest absolute Gasteiger partial charge is 0.381 e. The van der Waals surface area contributed by atoms with Gasteiger partial charge in [0.25, 0.3) is 0 Å². The Hall–Kier alpha value is -1.67. The first kappa shape index (κ1) is 13.8. The van der Waals surface area contributed by atoms with Crippen LogP contribution in [0.1, 0.15) is 34.7 Å². The van der Waals surface area contributed by atoms with Crippen LogP contribution in [0.2, 0.25) is 0 Å². The molecule has 2 aromatic rings. The van der Waals surface area contributed by atoms with E-state index in [0.717, 1.165) is 16.7 Å². The summed E-state index contributed by atoms with van der Waals surface area (Å²) < 4.78 is 13.0. The Morgan fingerprint density at radius 1 is 0.895 bits per heavy atom. The minimum atomic E-state index is -1.11. The van der Waals surface area contributed by atoms with Crippen molar-refractivity contribution in [3.8, 4) is 0 Å². The molecule has 0 aromatic heterocycles. The van der Waals surface area contributed by atoms with Crippen LogP contribution in [0.5, 0.6) is 0 Å². The zero-order valence-corrected chi connectivity index (χ0v) is 11.8. The van der Waals surface area contributed by atoms with Gasteiger partial charge in [0.1, 0.15) is 11.4 Å². The lowest BCUT2D eigenvalue weighted by atomic mass is 9.84. The first-order valence-electron chi connectivity index (χ1n) is 6.39. The van der Waals surface area contributed by atoms with Crippen LogP contribution in [0, 0.1) is 26.6 Å². The van der Waals surface area contributed by atoms with Gasteiger partial charge >= 0.3 is 0 Å². The van der Waals surface area contributed by atoms with Crippen molar-refractivity contribution >= 4 is 0 Å². The minimum absolute atomic E-state index is 0.295. The molecule has 0 aliphatic carbocycles. The minimum Gasteiger partial charge on any atom is -0.381 e. The summed E-state index contributed by atoms with van der Waals surface area (Å²) in [4.78, 5) is 0. The molecule has 1 nitrogen and oxygen atoms in total. The van der Waals surface area contributed by atoms with Crippen molar-refractivity contribution < 1.29 is 9.50 Å². The van der Waals surface area contributed by atoms with E-state index in [0.29, 0.717) is 5.56 Å². The maximum Gasteiger partial charge on any atom is 0.123 e. The van der Waals surface area contributed by atoms with Gasteiger partial charge in [0.2, 0.25) is 0 Å². The van der Waals surface area contributed by atoms with E-state index in [2.05, 4.69) is 13.0 Å². The van der Waals surface area contributed by atoms with Crippen LogP contribution < -0.4 is 0 Å². The van der Waals surface area contributed by atoms with Crippen molar-refractivity contribution in [3.63, 3.8) is 0 Å². The Morgan fingerprint density at radius 2 is 1.42 bits per heavy atom. The van der Waals surface area contributed by atoms with Crippen LogP contribution in [-0.4, -0.2) is 5.11 Å². The number of halogens is 1. The molecule has 0 saturated carbocycles. The van der Waals surface area contributed by atoms with Crippen molar-refractivity contribution in [2.45, 2.75) is 33.3 Å². The topological polar surface area (TPSA) is 20.2 Å². The summed E-state index contributed by atoms with van der Waals surface area (Å²) in [6.07, 6.45) is 0. The summed E-state index contributed by atoms with van der Waals surface area (Å²) in [5.41, 5.74) is 3.83. The lowest BCUT2D eigenvalue weighted by Gasteiger charge is -2.27. The third kappa shape index (κ3) is 2.54. The molecule has 100 valence electrons. The van der Waals surface area contributed by atoms with Crippen molar-refractivity contribution in [1.82, 2.24) is 0 Å². The molecule has 0 aliphatic heterocycles. The fourth-order valence-electron chi connectivity index (χ4n) is 2.41. The van der Waals surface area contributed by atoms with Crippen molar-refractivity contribution in [2.75, 3.05) is 0 Å². The van der Waals surface area contributed by atoms with E-state index < -0.39 is 5.60 Å². The van der Waals surface area contributed by atoms with Crippen LogP contribution in [0.3, 0.4) is 0 Å². The van der Waals surface area contributed by atoms with Crippen molar-refractivity contribution in [1.29, 1.82) is 0 Å². The maximum atomic E-state index is 13.0. The first-order chi connectivity index (χ1) is 8.82. The van der Waals surface area contributed by atoms with Gasteiger partial charge in [-0.1, -0.05) is 24.3 Å². The summed E-state index contributed by atoms with van der Waals surface area (Å²) in [5, 5.41) is 10.8. The molecule has 0 fully saturated rings. The zero-order valence-electron chi connectivity index (χ0n) is 11.8. The molecule has 0 saturated heterocycles. The molecule has 2 rings (SSSR count).